The van der Waals surface area contributed by atoms with Gasteiger partial charge in [0.2, 0.25) is 5.91 Å². The molecule has 0 saturated carbocycles. The van der Waals surface area contributed by atoms with Crippen molar-refractivity contribution >= 4 is 28.1 Å². The Balaban J connectivity index is 1.52. The number of thiazole rings is 1. The van der Waals surface area contributed by atoms with Crippen molar-refractivity contribution < 1.29 is 14.3 Å². The van der Waals surface area contributed by atoms with Gasteiger partial charge in [0.15, 0.2) is 4.96 Å². The van der Waals surface area contributed by atoms with Crippen LogP contribution >= 0.6 is 11.3 Å². The highest BCUT2D eigenvalue weighted by molar-refractivity contribution is 7.20. The standard InChI is InChI=1S/C19H20N4O3S/c1-13(24)21-6-8-22(9-7-21)18(25)16-11-23-12-17(27-19(23)20-16)14-4-3-5-15(10-14)26-2/h3-5,10-12H,6-9H2,1-2H3. The summed E-state index contributed by atoms with van der Waals surface area (Å²) in [6, 6.07) is 7.86. The van der Waals surface area contributed by atoms with E-state index in [1.165, 1.54) is 11.3 Å². The number of fused-ring (bicyclic) bond motifs is 1. The molecule has 0 aliphatic carbocycles. The van der Waals surface area contributed by atoms with Crippen LogP contribution in [-0.2, 0) is 4.79 Å². The van der Waals surface area contributed by atoms with Gasteiger partial charge in [-0.15, -0.1) is 0 Å². The Morgan fingerprint density at radius 1 is 1.11 bits per heavy atom. The fraction of sp³-hybridized carbons (Fsp3) is 0.316. The number of hydrogen-bond donors (Lipinski definition) is 0. The lowest BCUT2D eigenvalue weighted by atomic mass is 10.2. The molecule has 0 unspecified atom stereocenters. The molecular weight excluding hydrogens is 364 g/mol. The molecule has 3 aromatic rings. The zero-order valence-corrected chi connectivity index (χ0v) is 16.0. The van der Waals surface area contributed by atoms with Crippen LogP contribution in [-0.4, -0.2) is 64.3 Å². The fourth-order valence-corrected chi connectivity index (χ4v) is 4.16. The van der Waals surface area contributed by atoms with Gasteiger partial charge in [0, 0.05) is 45.5 Å². The number of amides is 2. The van der Waals surface area contributed by atoms with Gasteiger partial charge in [-0.25, -0.2) is 4.98 Å². The summed E-state index contributed by atoms with van der Waals surface area (Å²) in [5, 5.41) is 0. The van der Waals surface area contributed by atoms with Crippen molar-refractivity contribution in [3.05, 3.63) is 42.4 Å². The molecule has 2 amide bonds. The summed E-state index contributed by atoms with van der Waals surface area (Å²) in [6.45, 7) is 3.78. The van der Waals surface area contributed by atoms with E-state index in [1.54, 1.807) is 30.0 Å². The molecule has 1 saturated heterocycles. The van der Waals surface area contributed by atoms with Crippen LogP contribution < -0.4 is 4.74 Å². The lowest BCUT2D eigenvalue weighted by Crippen LogP contribution is -2.50. The molecule has 1 fully saturated rings. The molecule has 3 heterocycles. The summed E-state index contributed by atoms with van der Waals surface area (Å²) in [4.78, 5) is 34.0. The number of aromatic nitrogens is 2. The second-order valence-corrected chi connectivity index (χ2v) is 7.45. The van der Waals surface area contributed by atoms with E-state index >= 15 is 0 Å². The van der Waals surface area contributed by atoms with Gasteiger partial charge in [0.25, 0.3) is 5.91 Å². The van der Waals surface area contributed by atoms with Gasteiger partial charge in [-0.2, -0.15) is 0 Å². The number of ether oxygens (including phenoxy) is 1. The minimum Gasteiger partial charge on any atom is -0.497 e. The van der Waals surface area contributed by atoms with Crippen molar-refractivity contribution in [1.29, 1.82) is 0 Å². The first kappa shape index (κ1) is 17.5. The van der Waals surface area contributed by atoms with Crippen LogP contribution in [0.15, 0.2) is 36.7 Å². The highest BCUT2D eigenvalue weighted by atomic mass is 32.1. The minimum absolute atomic E-state index is 0.0506. The average molecular weight is 384 g/mol. The quantitative estimate of drug-likeness (QED) is 0.695. The number of methoxy groups -OCH3 is 1. The van der Waals surface area contributed by atoms with Crippen LogP contribution in [0.5, 0.6) is 5.75 Å². The molecule has 0 bridgehead atoms. The third-order valence-corrected chi connectivity index (χ3v) is 5.79. The van der Waals surface area contributed by atoms with Crippen LogP contribution in [0.25, 0.3) is 15.4 Å². The smallest absolute Gasteiger partial charge is 0.274 e. The second-order valence-electron chi connectivity index (χ2n) is 6.44. The summed E-state index contributed by atoms with van der Waals surface area (Å²) in [5.74, 6) is 0.769. The normalized spacial score (nSPS) is 14.6. The molecule has 2 aromatic heterocycles. The molecule has 1 aliphatic heterocycles. The average Bonchev–Trinajstić information content (AvgIpc) is 3.27. The summed E-state index contributed by atoms with van der Waals surface area (Å²) in [6.07, 6.45) is 3.75. The lowest BCUT2D eigenvalue weighted by molar-refractivity contribution is -0.130. The molecule has 0 spiro atoms. The first-order chi connectivity index (χ1) is 13.0. The molecule has 0 atom stereocenters. The monoisotopic (exact) mass is 384 g/mol. The van der Waals surface area contributed by atoms with Gasteiger partial charge in [-0.3, -0.25) is 14.0 Å². The third kappa shape index (κ3) is 3.40. The Morgan fingerprint density at radius 2 is 1.85 bits per heavy atom. The molecule has 1 aromatic carbocycles. The van der Waals surface area contributed by atoms with E-state index in [2.05, 4.69) is 4.98 Å². The first-order valence-electron chi connectivity index (χ1n) is 8.73. The summed E-state index contributed by atoms with van der Waals surface area (Å²) in [5.41, 5.74) is 1.49. The van der Waals surface area contributed by atoms with Crippen LogP contribution in [0, 0.1) is 0 Å². The molecule has 4 rings (SSSR count). The summed E-state index contributed by atoms with van der Waals surface area (Å²) < 4.78 is 7.17. The topological polar surface area (TPSA) is 67.2 Å². The molecular formula is C19H20N4O3S. The van der Waals surface area contributed by atoms with Crippen LogP contribution in [0.2, 0.25) is 0 Å². The van der Waals surface area contributed by atoms with E-state index in [0.29, 0.717) is 31.9 Å². The Morgan fingerprint density at radius 3 is 2.52 bits per heavy atom. The van der Waals surface area contributed by atoms with Crippen molar-refractivity contribution in [1.82, 2.24) is 19.2 Å². The SMILES string of the molecule is COc1cccc(-c2cn3cc(C(=O)N4CCN(C(C)=O)CC4)nc3s2)c1. The van der Waals surface area contributed by atoms with E-state index in [0.717, 1.165) is 21.2 Å². The van der Waals surface area contributed by atoms with Gasteiger partial charge in [0.1, 0.15) is 11.4 Å². The number of carbonyl (C=O) groups excluding carboxylic acids is 2. The Labute approximate surface area is 160 Å². The summed E-state index contributed by atoms with van der Waals surface area (Å²) in [7, 11) is 1.65. The fourth-order valence-electron chi connectivity index (χ4n) is 3.19. The van der Waals surface area contributed by atoms with Gasteiger partial charge in [0.05, 0.1) is 12.0 Å². The van der Waals surface area contributed by atoms with Crippen molar-refractivity contribution in [2.45, 2.75) is 6.92 Å². The number of piperazine rings is 1. The number of benzene rings is 1. The van der Waals surface area contributed by atoms with E-state index in [1.807, 2.05) is 34.9 Å². The first-order valence-corrected chi connectivity index (χ1v) is 9.54. The molecule has 0 N–H and O–H groups in total. The zero-order valence-electron chi connectivity index (χ0n) is 15.2. The van der Waals surface area contributed by atoms with E-state index in [9.17, 15) is 9.59 Å². The maximum absolute atomic E-state index is 12.7. The van der Waals surface area contributed by atoms with E-state index < -0.39 is 0 Å². The molecule has 140 valence electrons. The van der Waals surface area contributed by atoms with Crippen LogP contribution in [0.4, 0.5) is 0 Å². The number of nitrogens with zero attached hydrogens (tertiary/aromatic N) is 4. The highest BCUT2D eigenvalue weighted by Crippen LogP contribution is 2.30. The van der Waals surface area contributed by atoms with Crippen molar-refractivity contribution in [3.63, 3.8) is 0 Å². The van der Waals surface area contributed by atoms with Crippen LogP contribution in [0.1, 0.15) is 17.4 Å². The highest BCUT2D eigenvalue weighted by Gasteiger charge is 2.25. The van der Waals surface area contributed by atoms with Gasteiger partial charge in [-0.05, 0) is 17.7 Å². The predicted molar refractivity (Wildman–Crippen MR) is 103 cm³/mol. The van der Waals surface area contributed by atoms with E-state index in [-0.39, 0.29) is 11.8 Å². The molecule has 1 aliphatic rings. The third-order valence-electron chi connectivity index (χ3n) is 4.74. The van der Waals surface area contributed by atoms with Crippen molar-refractivity contribution in [2.75, 3.05) is 33.3 Å². The maximum Gasteiger partial charge on any atom is 0.274 e. The largest absolute Gasteiger partial charge is 0.497 e. The number of hydrogen-bond acceptors (Lipinski definition) is 5. The van der Waals surface area contributed by atoms with Gasteiger partial charge in [-0.1, -0.05) is 23.5 Å². The molecule has 27 heavy (non-hydrogen) atoms. The van der Waals surface area contributed by atoms with Crippen LogP contribution in [0.3, 0.4) is 0 Å². The minimum atomic E-state index is -0.0861. The second kappa shape index (κ2) is 7.03. The maximum atomic E-state index is 12.7. The van der Waals surface area contributed by atoms with Gasteiger partial charge < -0.3 is 14.5 Å². The Bertz CT molecular complexity index is 970. The van der Waals surface area contributed by atoms with E-state index in [4.69, 9.17) is 4.74 Å². The van der Waals surface area contributed by atoms with Crippen molar-refractivity contribution in [2.24, 2.45) is 0 Å². The molecule has 8 heteroatoms. The summed E-state index contributed by atoms with van der Waals surface area (Å²) >= 11 is 1.53. The molecule has 7 nitrogen and oxygen atoms in total. The van der Waals surface area contributed by atoms with Gasteiger partial charge >= 0.3 is 0 Å². The zero-order chi connectivity index (χ0) is 19.0. The number of carbonyl (C=O) groups is 2. The number of rotatable bonds is 3. The lowest BCUT2D eigenvalue weighted by Gasteiger charge is -2.33. The van der Waals surface area contributed by atoms with Crippen molar-refractivity contribution in [3.8, 4) is 16.2 Å². The molecule has 0 radical (unpaired) electrons. The Hall–Kier alpha value is -2.87. The Kier molecular flexibility index (Phi) is 4.57. The predicted octanol–water partition coefficient (Wildman–Crippen LogP) is 2.38. The number of imidazole rings is 1.